The first-order valence-electron chi connectivity index (χ1n) is 8.16. The number of hydrogen-bond acceptors (Lipinski definition) is 4. The molecule has 0 radical (unpaired) electrons. The zero-order valence-corrected chi connectivity index (χ0v) is 13.8. The number of aromatic nitrogens is 4. The molecule has 0 amide bonds. The van der Waals surface area contributed by atoms with Crippen LogP contribution >= 0.6 is 0 Å². The molecule has 3 aromatic rings. The predicted octanol–water partition coefficient (Wildman–Crippen LogP) is 2.17. The van der Waals surface area contributed by atoms with Crippen LogP contribution in [0.2, 0.25) is 0 Å². The van der Waals surface area contributed by atoms with Crippen molar-refractivity contribution >= 4 is 11.0 Å². The number of nitrogens with one attached hydrogen (secondary N) is 1. The summed E-state index contributed by atoms with van der Waals surface area (Å²) in [5.74, 6) is 0.243. The molecule has 1 N–H and O–H groups in total. The second-order valence-corrected chi connectivity index (χ2v) is 6.43. The van der Waals surface area contributed by atoms with Crippen molar-refractivity contribution in [3.8, 4) is 0 Å². The maximum atomic E-state index is 14.2. The van der Waals surface area contributed by atoms with E-state index in [1.54, 1.807) is 16.9 Å². The molecule has 8 heteroatoms. The molecule has 1 aliphatic rings. The number of aromatic amines is 1. The Morgan fingerprint density at radius 3 is 3.04 bits per heavy atom. The molecule has 1 saturated heterocycles. The molecule has 132 valence electrons. The minimum atomic E-state index is -1.04. The van der Waals surface area contributed by atoms with E-state index < -0.39 is 12.3 Å². The molecule has 0 aliphatic carbocycles. The highest BCUT2D eigenvalue weighted by atomic mass is 19.1. The fraction of sp³-hybridized carbons (Fsp3) is 0.412. The van der Waals surface area contributed by atoms with Gasteiger partial charge in [0.2, 0.25) is 0 Å². The second-order valence-electron chi connectivity index (χ2n) is 6.43. The monoisotopic (exact) mass is 347 g/mol. The van der Waals surface area contributed by atoms with E-state index in [9.17, 15) is 8.78 Å². The molecule has 0 unspecified atom stereocenters. The number of nitrogens with zero attached hydrogens (tertiary/aromatic N) is 4. The van der Waals surface area contributed by atoms with Gasteiger partial charge in [-0.05, 0) is 18.2 Å². The molecule has 6 nitrogen and oxygen atoms in total. The molecule has 1 aliphatic heterocycles. The third-order valence-electron chi connectivity index (χ3n) is 4.37. The number of rotatable bonds is 5. The fourth-order valence-electron chi connectivity index (χ4n) is 3.19. The van der Waals surface area contributed by atoms with Crippen molar-refractivity contribution in [3.05, 3.63) is 47.8 Å². The van der Waals surface area contributed by atoms with Crippen molar-refractivity contribution in [2.45, 2.75) is 25.4 Å². The third-order valence-corrected chi connectivity index (χ3v) is 4.37. The highest BCUT2D eigenvalue weighted by Gasteiger charge is 2.33. The number of fused-ring (bicyclic) bond motifs is 1. The van der Waals surface area contributed by atoms with Crippen LogP contribution in [0.4, 0.5) is 8.78 Å². The summed E-state index contributed by atoms with van der Waals surface area (Å²) in [5, 5.41) is 4.13. The van der Waals surface area contributed by atoms with E-state index in [1.807, 2.05) is 18.1 Å². The van der Waals surface area contributed by atoms with Crippen LogP contribution in [0.5, 0.6) is 0 Å². The SMILES string of the molecule is Cn1cc(CN2C[C@@H](F)[C@@H](OCc3nc4ccc(F)cc4[nH]3)C2)cn1. The van der Waals surface area contributed by atoms with Gasteiger partial charge in [0.15, 0.2) is 0 Å². The first-order chi connectivity index (χ1) is 12.1. The average Bonchev–Trinajstić information content (AvgIpc) is 3.24. The van der Waals surface area contributed by atoms with Crippen molar-refractivity contribution < 1.29 is 13.5 Å². The predicted molar refractivity (Wildman–Crippen MR) is 88.0 cm³/mol. The van der Waals surface area contributed by atoms with Gasteiger partial charge in [-0.15, -0.1) is 0 Å². The first-order valence-corrected chi connectivity index (χ1v) is 8.16. The molecule has 0 saturated carbocycles. The van der Waals surface area contributed by atoms with E-state index in [4.69, 9.17) is 4.74 Å². The van der Waals surface area contributed by atoms with Gasteiger partial charge in [-0.3, -0.25) is 9.58 Å². The highest BCUT2D eigenvalue weighted by molar-refractivity contribution is 5.74. The normalized spacial score (nSPS) is 21.4. The Kier molecular flexibility index (Phi) is 4.22. The zero-order valence-electron chi connectivity index (χ0n) is 13.8. The van der Waals surface area contributed by atoms with Crippen molar-refractivity contribution in [1.29, 1.82) is 0 Å². The zero-order chi connectivity index (χ0) is 17.4. The summed E-state index contributed by atoms with van der Waals surface area (Å²) in [4.78, 5) is 9.36. The van der Waals surface area contributed by atoms with Crippen molar-refractivity contribution in [1.82, 2.24) is 24.6 Å². The van der Waals surface area contributed by atoms with Gasteiger partial charge in [0.05, 0.1) is 17.2 Å². The van der Waals surface area contributed by atoms with E-state index >= 15 is 0 Å². The number of aryl methyl sites for hydroxylation is 1. The summed E-state index contributed by atoms with van der Waals surface area (Å²) in [5.41, 5.74) is 2.33. The van der Waals surface area contributed by atoms with Gasteiger partial charge in [-0.1, -0.05) is 0 Å². The quantitative estimate of drug-likeness (QED) is 0.769. The Bertz CT molecular complexity index is 877. The molecule has 25 heavy (non-hydrogen) atoms. The topological polar surface area (TPSA) is 59.0 Å². The van der Waals surface area contributed by atoms with Crippen LogP contribution in [-0.2, 0) is 24.9 Å². The minimum Gasteiger partial charge on any atom is -0.366 e. The Hall–Kier alpha value is -2.32. The molecule has 3 heterocycles. The molecule has 2 aromatic heterocycles. The van der Waals surface area contributed by atoms with Crippen molar-refractivity contribution in [2.75, 3.05) is 13.1 Å². The van der Waals surface area contributed by atoms with Gasteiger partial charge < -0.3 is 9.72 Å². The third kappa shape index (κ3) is 3.54. The van der Waals surface area contributed by atoms with Gasteiger partial charge in [0.1, 0.15) is 30.5 Å². The fourth-order valence-corrected chi connectivity index (χ4v) is 3.19. The summed E-state index contributed by atoms with van der Waals surface area (Å²) in [7, 11) is 1.86. The lowest BCUT2D eigenvalue weighted by Gasteiger charge is -2.14. The number of likely N-dealkylation sites (tertiary alicyclic amines) is 1. The highest BCUT2D eigenvalue weighted by Crippen LogP contribution is 2.21. The van der Waals surface area contributed by atoms with E-state index in [-0.39, 0.29) is 12.4 Å². The van der Waals surface area contributed by atoms with E-state index in [0.717, 1.165) is 5.56 Å². The Labute approximate surface area is 143 Å². The molecular weight excluding hydrogens is 328 g/mol. The first kappa shape index (κ1) is 16.2. The van der Waals surface area contributed by atoms with Crippen LogP contribution in [0.1, 0.15) is 11.4 Å². The maximum absolute atomic E-state index is 14.2. The summed E-state index contributed by atoms with van der Waals surface area (Å²) >= 11 is 0. The van der Waals surface area contributed by atoms with Gasteiger partial charge >= 0.3 is 0 Å². The molecule has 0 spiro atoms. The lowest BCUT2D eigenvalue weighted by molar-refractivity contribution is 0.00863. The van der Waals surface area contributed by atoms with Crippen LogP contribution in [0.3, 0.4) is 0 Å². The molecule has 4 rings (SSSR count). The second kappa shape index (κ2) is 6.53. The Balaban J connectivity index is 1.35. The molecule has 0 bridgehead atoms. The van der Waals surface area contributed by atoms with Crippen molar-refractivity contribution in [2.24, 2.45) is 7.05 Å². The van der Waals surface area contributed by atoms with E-state index in [0.29, 0.717) is 36.5 Å². The van der Waals surface area contributed by atoms with Gasteiger partial charge in [0.25, 0.3) is 0 Å². The summed E-state index contributed by atoms with van der Waals surface area (Å²) in [6.45, 7) is 1.68. The standard InChI is InChI=1S/C17H19F2N5O/c1-23-6-11(5-20-23)7-24-8-13(19)16(9-24)25-10-17-21-14-3-2-12(18)4-15(14)22-17/h2-6,13,16H,7-10H2,1H3,(H,21,22)/t13-,16+/m1/s1. The smallest absolute Gasteiger partial charge is 0.140 e. The van der Waals surface area contributed by atoms with Crippen molar-refractivity contribution in [3.63, 3.8) is 0 Å². The number of hydrogen-bond donors (Lipinski definition) is 1. The van der Waals surface area contributed by atoms with Gasteiger partial charge in [-0.2, -0.15) is 5.10 Å². The van der Waals surface area contributed by atoms with Crippen LogP contribution in [0.25, 0.3) is 11.0 Å². The summed E-state index contributed by atoms with van der Waals surface area (Å²) in [6.07, 6.45) is 2.17. The van der Waals surface area contributed by atoms with E-state index in [1.165, 1.54) is 12.1 Å². The number of H-pyrrole nitrogens is 1. The number of alkyl halides is 1. The van der Waals surface area contributed by atoms with Crippen LogP contribution in [-0.4, -0.2) is 50.0 Å². The van der Waals surface area contributed by atoms with Gasteiger partial charge in [0, 0.05) is 38.4 Å². The maximum Gasteiger partial charge on any atom is 0.140 e. The Morgan fingerprint density at radius 1 is 1.36 bits per heavy atom. The average molecular weight is 347 g/mol. The lowest BCUT2D eigenvalue weighted by Crippen LogP contribution is -2.24. The molecule has 1 fully saturated rings. The number of halogens is 2. The molecule has 1 aromatic carbocycles. The lowest BCUT2D eigenvalue weighted by atomic mass is 10.3. The summed E-state index contributed by atoms with van der Waals surface area (Å²) in [6, 6.07) is 4.35. The van der Waals surface area contributed by atoms with Crippen LogP contribution < -0.4 is 0 Å². The largest absolute Gasteiger partial charge is 0.366 e. The number of ether oxygens (including phenoxy) is 1. The minimum absolute atomic E-state index is 0.169. The number of imidazole rings is 1. The molecule has 2 atom stereocenters. The van der Waals surface area contributed by atoms with Gasteiger partial charge in [-0.25, -0.2) is 13.8 Å². The van der Waals surface area contributed by atoms with E-state index in [2.05, 4.69) is 15.1 Å². The molecular formula is C17H19F2N5O. The Morgan fingerprint density at radius 2 is 2.24 bits per heavy atom. The van der Waals surface area contributed by atoms with Crippen LogP contribution in [0.15, 0.2) is 30.6 Å². The van der Waals surface area contributed by atoms with Crippen LogP contribution in [0, 0.1) is 5.82 Å². The summed E-state index contributed by atoms with van der Waals surface area (Å²) < 4.78 is 34.9. The number of benzene rings is 1.